The minimum absolute atomic E-state index is 0.680. The van der Waals surface area contributed by atoms with Gasteiger partial charge < -0.3 is 4.90 Å². The molecule has 0 radical (unpaired) electrons. The molecule has 0 saturated heterocycles. The smallest absolute Gasteiger partial charge is 0.0459 e. The van der Waals surface area contributed by atoms with E-state index in [2.05, 4.69) is 37.6 Å². The summed E-state index contributed by atoms with van der Waals surface area (Å²) in [5.74, 6) is 0.680. The summed E-state index contributed by atoms with van der Waals surface area (Å²) < 4.78 is 0. The molecule has 1 atom stereocenters. The highest BCUT2D eigenvalue weighted by atomic mass is 15.1. The van der Waals surface area contributed by atoms with Crippen LogP contribution in [0.15, 0.2) is 29.8 Å². The van der Waals surface area contributed by atoms with Crippen molar-refractivity contribution >= 4 is 0 Å². The van der Waals surface area contributed by atoms with E-state index in [-0.39, 0.29) is 0 Å². The van der Waals surface area contributed by atoms with E-state index in [4.69, 9.17) is 0 Å². The standard InChI is InChI=1S/C10H15N/c1-4-5-6-7-11(3)10-8-9(10)2/h5,7-9H,4H2,1-3H3. The molecule has 1 rings (SSSR count). The Labute approximate surface area is 68.7 Å². The number of allylic oxidation sites excluding steroid dienone is 3. The summed E-state index contributed by atoms with van der Waals surface area (Å²) in [5.41, 5.74) is 4.52. The fraction of sp³-hybridized carbons (Fsp3) is 0.500. The van der Waals surface area contributed by atoms with Gasteiger partial charge in [-0.1, -0.05) is 19.9 Å². The van der Waals surface area contributed by atoms with Gasteiger partial charge in [0.2, 0.25) is 0 Å². The first-order chi connectivity index (χ1) is 5.25. The molecule has 0 saturated carbocycles. The highest BCUT2D eigenvalue weighted by Crippen LogP contribution is 2.29. The van der Waals surface area contributed by atoms with E-state index >= 15 is 0 Å². The van der Waals surface area contributed by atoms with Crippen LogP contribution in [-0.4, -0.2) is 11.9 Å². The van der Waals surface area contributed by atoms with Gasteiger partial charge in [-0.2, -0.15) is 0 Å². The Balaban J connectivity index is 2.38. The van der Waals surface area contributed by atoms with Crippen LogP contribution in [0.1, 0.15) is 20.3 Å². The van der Waals surface area contributed by atoms with Gasteiger partial charge in [-0.05, 0) is 12.5 Å². The van der Waals surface area contributed by atoms with Crippen LogP contribution in [0, 0.1) is 5.92 Å². The Morgan fingerprint density at radius 3 is 2.82 bits per heavy atom. The van der Waals surface area contributed by atoms with Crippen molar-refractivity contribution in [1.29, 1.82) is 0 Å². The van der Waals surface area contributed by atoms with Crippen molar-refractivity contribution in [1.82, 2.24) is 4.90 Å². The maximum atomic E-state index is 3.11. The lowest BCUT2D eigenvalue weighted by atomic mass is 10.4. The summed E-state index contributed by atoms with van der Waals surface area (Å²) in [6.45, 7) is 4.31. The van der Waals surface area contributed by atoms with E-state index in [9.17, 15) is 0 Å². The van der Waals surface area contributed by atoms with Gasteiger partial charge in [0.25, 0.3) is 0 Å². The number of rotatable bonds is 3. The quantitative estimate of drug-likeness (QED) is 0.557. The summed E-state index contributed by atoms with van der Waals surface area (Å²) >= 11 is 0. The van der Waals surface area contributed by atoms with Crippen molar-refractivity contribution in [2.24, 2.45) is 5.92 Å². The average molecular weight is 149 g/mol. The van der Waals surface area contributed by atoms with Gasteiger partial charge in [-0.15, -0.1) is 5.73 Å². The minimum atomic E-state index is 0.680. The van der Waals surface area contributed by atoms with Crippen molar-refractivity contribution in [2.75, 3.05) is 7.05 Å². The third-order valence-corrected chi connectivity index (χ3v) is 1.78. The second-order valence-electron chi connectivity index (χ2n) is 2.90. The molecule has 0 amide bonds. The lowest BCUT2D eigenvalue weighted by Crippen LogP contribution is -2.03. The van der Waals surface area contributed by atoms with E-state index in [0.29, 0.717) is 5.92 Å². The minimum Gasteiger partial charge on any atom is -0.348 e. The van der Waals surface area contributed by atoms with Crippen molar-refractivity contribution in [2.45, 2.75) is 20.3 Å². The molecule has 1 aliphatic rings. The Morgan fingerprint density at radius 2 is 2.36 bits per heavy atom. The highest BCUT2D eigenvalue weighted by molar-refractivity contribution is 5.27. The van der Waals surface area contributed by atoms with E-state index in [1.165, 1.54) is 5.70 Å². The Hall–Kier alpha value is -0.940. The summed E-state index contributed by atoms with van der Waals surface area (Å²) in [6, 6.07) is 0. The van der Waals surface area contributed by atoms with Crippen LogP contribution in [0.25, 0.3) is 0 Å². The Bertz CT molecular complexity index is 219. The van der Waals surface area contributed by atoms with Crippen LogP contribution in [-0.2, 0) is 0 Å². The van der Waals surface area contributed by atoms with Gasteiger partial charge in [0.15, 0.2) is 0 Å². The number of hydrogen-bond donors (Lipinski definition) is 0. The predicted molar refractivity (Wildman–Crippen MR) is 48.0 cm³/mol. The fourth-order valence-electron chi connectivity index (χ4n) is 1.00. The summed E-state index contributed by atoms with van der Waals surface area (Å²) in [7, 11) is 2.06. The van der Waals surface area contributed by atoms with Gasteiger partial charge in [0, 0.05) is 24.9 Å². The molecule has 0 fully saturated rings. The first-order valence-electron chi connectivity index (χ1n) is 4.11. The third kappa shape index (κ3) is 2.28. The number of hydrogen-bond acceptors (Lipinski definition) is 1. The summed E-state index contributed by atoms with van der Waals surface area (Å²) in [4.78, 5) is 2.12. The van der Waals surface area contributed by atoms with Gasteiger partial charge >= 0.3 is 0 Å². The van der Waals surface area contributed by atoms with Crippen LogP contribution in [0.2, 0.25) is 0 Å². The molecular weight excluding hydrogens is 134 g/mol. The Kier molecular flexibility index (Phi) is 2.56. The van der Waals surface area contributed by atoms with Crippen LogP contribution in [0.5, 0.6) is 0 Å². The molecule has 0 aromatic heterocycles. The molecule has 11 heavy (non-hydrogen) atoms. The van der Waals surface area contributed by atoms with Gasteiger partial charge in [-0.25, -0.2) is 0 Å². The molecule has 0 N–H and O–H groups in total. The normalized spacial score (nSPS) is 19.9. The molecule has 0 aromatic rings. The molecule has 1 nitrogen and oxygen atoms in total. The molecule has 60 valence electrons. The zero-order chi connectivity index (χ0) is 8.27. The van der Waals surface area contributed by atoms with E-state index in [1.54, 1.807) is 0 Å². The van der Waals surface area contributed by atoms with Gasteiger partial charge in [-0.3, -0.25) is 0 Å². The molecule has 1 aliphatic carbocycles. The van der Waals surface area contributed by atoms with Crippen LogP contribution < -0.4 is 0 Å². The van der Waals surface area contributed by atoms with Crippen LogP contribution in [0.4, 0.5) is 0 Å². The summed E-state index contributed by atoms with van der Waals surface area (Å²) in [5, 5.41) is 0. The SMILES string of the molecule is CCC=C=CN(C)C1=CC1C. The molecule has 0 heterocycles. The molecule has 0 aliphatic heterocycles. The first-order valence-corrected chi connectivity index (χ1v) is 4.11. The second kappa shape index (κ2) is 3.45. The molecule has 1 heteroatoms. The highest BCUT2D eigenvalue weighted by Gasteiger charge is 2.21. The topological polar surface area (TPSA) is 3.24 Å². The Morgan fingerprint density at radius 1 is 1.73 bits per heavy atom. The molecule has 0 aromatic carbocycles. The zero-order valence-electron chi connectivity index (χ0n) is 7.46. The zero-order valence-corrected chi connectivity index (χ0v) is 7.46. The second-order valence-corrected chi connectivity index (χ2v) is 2.90. The van der Waals surface area contributed by atoms with E-state index in [0.717, 1.165) is 6.42 Å². The van der Waals surface area contributed by atoms with Crippen molar-refractivity contribution in [3.8, 4) is 0 Å². The maximum absolute atomic E-state index is 3.11. The van der Waals surface area contributed by atoms with Crippen LogP contribution >= 0.6 is 0 Å². The largest absolute Gasteiger partial charge is 0.348 e. The number of nitrogens with zero attached hydrogens (tertiary/aromatic N) is 1. The van der Waals surface area contributed by atoms with Crippen molar-refractivity contribution in [3.63, 3.8) is 0 Å². The maximum Gasteiger partial charge on any atom is 0.0459 e. The van der Waals surface area contributed by atoms with E-state index in [1.807, 2.05) is 12.3 Å². The fourth-order valence-corrected chi connectivity index (χ4v) is 1.00. The molecule has 0 spiro atoms. The molecular formula is C10H15N. The molecule has 0 bridgehead atoms. The first kappa shape index (κ1) is 8.16. The van der Waals surface area contributed by atoms with Gasteiger partial charge in [0.1, 0.15) is 0 Å². The van der Waals surface area contributed by atoms with Crippen LogP contribution in [0.3, 0.4) is 0 Å². The van der Waals surface area contributed by atoms with Gasteiger partial charge in [0.05, 0.1) is 0 Å². The van der Waals surface area contributed by atoms with Crippen molar-refractivity contribution in [3.05, 3.63) is 29.8 Å². The van der Waals surface area contributed by atoms with Crippen molar-refractivity contribution < 1.29 is 0 Å². The average Bonchev–Trinajstić information content (AvgIpc) is 2.67. The van der Waals surface area contributed by atoms with E-state index < -0.39 is 0 Å². The lowest BCUT2D eigenvalue weighted by Gasteiger charge is -2.07. The predicted octanol–water partition coefficient (Wildman–Crippen LogP) is 2.53. The monoisotopic (exact) mass is 149 g/mol. The summed E-state index contributed by atoms with van der Waals surface area (Å²) in [6.07, 6.45) is 7.31. The third-order valence-electron chi connectivity index (χ3n) is 1.78. The lowest BCUT2D eigenvalue weighted by molar-refractivity contribution is 0.567. The molecule has 1 unspecified atom stereocenters.